The second-order valence-electron chi connectivity index (χ2n) is 6.93. The number of carbonyl (C=O) groups is 2. The summed E-state index contributed by atoms with van der Waals surface area (Å²) >= 11 is 0. The van der Waals surface area contributed by atoms with Crippen LogP contribution in [0.2, 0.25) is 0 Å². The Bertz CT molecular complexity index is 581. The molecule has 112 valence electrons. The first-order valence-electron chi connectivity index (χ1n) is 7.28. The zero-order chi connectivity index (χ0) is 15.7. The molecule has 1 aliphatic carbocycles. The molecule has 0 radical (unpaired) electrons. The molecule has 0 heterocycles. The van der Waals surface area contributed by atoms with Crippen molar-refractivity contribution in [3.05, 3.63) is 42.0 Å². The Morgan fingerprint density at radius 1 is 1.05 bits per heavy atom. The molecule has 1 aromatic carbocycles. The van der Waals surface area contributed by atoms with Gasteiger partial charge in [-0.05, 0) is 42.0 Å². The fourth-order valence-electron chi connectivity index (χ4n) is 3.11. The van der Waals surface area contributed by atoms with Crippen LogP contribution in [0.5, 0.6) is 5.75 Å². The van der Waals surface area contributed by atoms with Gasteiger partial charge in [0.2, 0.25) is 11.6 Å². The van der Waals surface area contributed by atoms with Crippen LogP contribution < -0.4 is 0 Å². The maximum atomic E-state index is 11.8. The summed E-state index contributed by atoms with van der Waals surface area (Å²) < 4.78 is 0. The predicted octanol–water partition coefficient (Wildman–Crippen LogP) is 3.55. The summed E-state index contributed by atoms with van der Waals surface area (Å²) in [6.45, 7) is 6.33. The van der Waals surface area contributed by atoms with E-state index in [0.29, 0.717) is 12.8 Å². The molecule has 3 nitrogen and oxygen atoms in total. The summed E-state index contributed by atoms with van der Waals surface area (Å²) in [7, 11) is 0. The summed E-state index contributed by atoms with van der Waals surface area (Å²) in [6, 6.07) is 7.06. The third kappa shape index (κ3) is 3.60. The highest BCUT2D eigenvalue weighted by Gasteiger charge is 2.34. The van der Waals surface area contributed by atoms with Crippen LogP contribution in [-0.4, -0.2) is 16.7 Å². The second kappa shape index (κ2) is 5.47. The number of benzene rings is 1. The zero-order valence-corrected chi connectivity index (χ0v) is 12.8. The van der Waals surface area contributed by atoms with Crippen molar-refractivity contribution in [3.63, 3.8) is 0 Å². The van der Waals surface area contributed by atoms with Gasteiger partial charge in [0.05, 0.1) is 0 Å². The number of Topliss-reactive ketones (excluding diaryl/α,β-unsaturated/α-hetero) is 1. The van der Waals surface area contributed by atoms with Crippen LogP contribution in [0.4, 0.5) is 0 Å². The van der Waals surface area contributed by atoms with Crippen LogP contribution in [0.25, 0.3) is 0 Å². The number of rotatable bonds is 1. The third-order valence-corrected chi connectivity index (χ3v) is 4.28. The normalized spacial score (nSPS) is 26.0. The molecular formula is C18H22O3. The Hall–Kier alpha value is -1.90. The van der Waals surface area contributed by atoms with E-state index in [1.54, 1.807) is 12.1 Å². The highest BCUT2D eigenvalue weighted by atomic mass is 16.3. The second-order valence-corrected chi connectivity index (χ2v) is 6.93. The minimum absolute atomic E-state index is 0.0444. The monoisotopic (exact) mass is 286 g/mol. The maximum Gasteiger partial charge on any atom is 0.221 e. The van der Waals surface area contributed by atoms with Crippen molar-refractivity contribution in [2.24, 2.45) is 5.41 Å². The highest BCUT2D eigenvalue weighted by Crippen LogP contribution is 2.41. The molecule has 0 fully saturated rings. The number of ketones is 2. The van der Waals surface area contributed by atoms with E-state index in [1.807, 2.05) is 18.2 Å². The Morgan fingerprint density at radius 2 is 1.67 bits per heavy atom. The van der Waals surface area contributed by atoms with E-state index in [4.69, 9.17) is 0 Å². The largest absolute Gasteiger partial charge is 0.508 e. The van der Waals surface area contributed by atoms with E-state index in [0.717, 1.165) is 12.0 Å². The van der Waals surface area contributed by atoms with Crippen molar-refractivity contribution >= 4 is 11.6 Å². The summed E-state index contributed by atoms with van der Waals surface area (Å²) in [5, 5.41) is 9.45. The van der Waals surface area contributed by atoms with Crippen molar-refractivity contribution in [1.82, 2.24) is 0 Å². The molecule has 1 aliphatic rings. The topological polar surface area (TPSA) is 54.4 Å². The molecule has 1 unspecified atom stereocenters. The van der Waals surface area contributed by atoms with Gasteiger partial charge in [0.25, 0.3) is 0 Å². The van der Waals surface area contributed by atoms with E-state index in [2.05, 4.69) is 20.8 Å². The number of carbonyl (C=O) groups excluding carboxylic acids is 2. The number of allylic oxidation sites excluding steroid dienone is 2. The van der Waals surface area contributed by atoms with E-state index in [-0.39, 0.29) is 22.4 Å². The number of phenolic OH excluding ortho intramolecular Hbond substituents is 1. The quantitative estimate of drug-likeness (QED) is 0.803. The minimum atomic E-state index is -0.419. The van der Waals surface area contributed by atoms with Crippen LogP contribution >= 0.6 is 0 Å². The summed E-state index contributed by atoms with van der Waals surface area (Å²) in [6.07, 6.45) is 5.10. The molecule has 0 spiro atoms. The highest BCUT2D eigenvalue weighted by molar-refractivity contribution is 6.41. The molecule has 1 atom stereocenters. The Morgan fingerprint density at radius 3 is 2.29 bits per heavy atom. The number of phenols is 1. The van der Waals surface area contributed by atoms with Gasteiger partial charge in [-0.25, -0.2) is 0 Å². The average Bonchev–Trinajstić information content (AvgIpc) is 2.45. The first-order valence-corrected chi connectivity index (χ1v) is 7.28. The van der Waals surface area contributed by atoms with Crippen molar-refractivity contribution < 1.29 is 14.7 Å². The first-order chi connectivity index (χ1) is 9.72. The van der Waals surface area contributed by atoms with Gasteiger partial charge in [-0.3, -0.25) is 9.59 Å². The van der Waals surface area contributed by atoms with Gasteiger partial charge in [0, 0.05) is 11.8 Å². The SMILES string of the molecule is CC1(C)CCC(=O)C(=O)C=CC(C)(c2ccc(O)cc2)C1. The van der Waals surface area contributed by atoms with Crippen LogP contribution in [0, 0.1) is 5.41 Å². The van der Waals surface area contributed by atoms with E-state index < -0.39 is 5.78 Å². The van der Waals surface area contributed by atoms with Gasteiger partial charge >= 0.3 is 0 Å². The van der Waals surface area contributed by atoms with Gasteiger partial charge in [-0.15, -0.1) is 0 Å². The van der Waals surface area contributed by atoms with Gasteiger partial charge in [0.1, 0.15) is 5.75 Å². The molecule has 0 aliphatic heterocycles. The maximum absolute atomic E-state index is 11.8. The lowest BCUT2D eigenvalue weighted by atomic mass is 9.69. The smallest absolute Gasteiger partial charge is 0.221 e. The molecule has 21 heavy (non-hydrogen) atoms. The van der Waals surface area contributed by atoms with Gasteiger partial charge in [-0.2, -0.15) is 0 Å². The van der Waals surface area contributed by atoms with Crippen LogP contribution in [0.3, 0.4) is 0 Å². The number of hydrogen-bond acceptors (Lipinski definition) is 3. The van der Waals surface area contributed by atoms with Crippen molar-refractivity contribution in [2.45, 2.75) is 45.4 Å². The number of hydrogen-bond donors (Lipinski definition) is 1. The fourth-order valence-corrected chi connectivity index (χ4v) is 3.11. The van der Waals surface area contributed by atoms with Gasteiger partial charge in [-0.1, -0.05) is 39.0 Å². The summed E-state index contributed by atoms with van der Waals surface area (Å²) in [4.78, 5) is 23.6. The Balaban J connectivity index is 2.46. The molecule has 0 bridgehead atoms. The van der Waals surface area contributed by atoms with Gasteiger partial charge < -0.3 is 5.11 Å². The van der Waals surface area contributed by atoms with E-state index >= 15 is 0 Å². The molecule has 0 saturated heterocycles. The fraction of sp³-hybridized carbons (Fsp3) is 0.444. The molecule has 2 rings (SSSR count). The number of aromatic hydroxyl groups is 1. The van der Waals surface area contributed by atoms with Crippen molar-refractivity contribution in [1.29, 1.82) is 0 Å². The zero-order valence-electron chi connectivity index (χ0n) is 12.8. The van der Waals surface area contributed by atoms with E-state index in [9.17, 15) is 14.7 Å². The standard InChI is InChI=1S/C18H22O3/c1-17(2)10-8-15(20)16(21)9-11-18(3,12-17)13-4-6-14(19)7-5-13/h4-7,9,11,19H,8,10,12H2,1-3H3. The summed E-state index contributed by atoms with van der Waals surface area (Å²) in [5.74, 6) is -0.508. The lowest BCUT2D eigenvalue weighted by Crippen LogP contribution is -2.27. The molecule has 3 heteroatoms. The Labute approximate surface area is 125 Å². The lowest BCUT2D eigenvalue weighted by Gasteiger charge is -2.35. The minimum Gasteiger partial charge on any atom is -0.508 e. The van der Waals surface area contributed by atoms with Crippen LogP contribution in [-0.2, 0) is 15.0 Å². The predicted molar refractivity (Wildman–Crippen MR) is 82.2 cm³/mol. The third-order valence-electron chi connectivity index (χ3n) is 4.28. The molecule has 1 N–H and O–H groups in total. The van der Waals surface area contributed by atoms with Gasteiger partial charge in [0.15, 0.2) is 0 Å². The molecular weight excluding hydrogens is 264 g/mol. The average molecular weight is 286 g/mol. The van der Waals surface area contributed by atoms with Crippen molar-refractivity contribution in [2.75, 3.05) is 0 Å². The van der Waals surface area contributed by atoms with Crippen LogP contribution in [0.15, 0.2) is 36.4 Å². The molecule has 0 aromatic heterocycles. The summed E-state index contributed by atoms with van der Waals surface area (Å²) in [5.41, 5.74) is 0.654. The van der Waals surface area contributed by atoms with E-state index in [1.165, 1.54) is 6.08 Å². The first kappa shape index (κ1) is 15.5. The molecule has 1 aromatic rings. The molecule has 0 saturated carbocycles. The van der Waals surface area contributed by atoms with Crippen molar-refractivity contribution in [3.8, 4) is 5.75 Å². The van der Waals surface area contributed by atoms with Crippen LogP contribution in [0.1, 0.15) is 45.6 Å². The molecule has 0 amide bonds. The lowest BCUT2D eigenvalue weighted by molar-refractivity contribution is -0.134. The Kier molecular flexibility index (Phi) is 4.04.